The molecule has 21 heavy (non-hydrogen) atoms. The van der Waals surface area contributed by atoms with Gasteiger partial charge >= 0.3 is 0 Å². The van der Waals surface area contributed by atoms with Gasteiger partial charge in [0.15, 0.2) is 4.80 Å². The van der Waals surface area contributed by atoms with E-state index in [0.717, 1.165) is 10.2 Å². The number of fused-ring (bicyclic) bond motifs is 1. The highest BCUT2D eigenvalue weighted by molar-refractivity contribution is 7.16. The predicted molar refractivity (Wildman–Crippen MR) is 87.2 cm³/mol. The smallest absolute Gasteiger partial charge is 0.248 e. The second kappa shape index (κ2) is 7.40. The number of carbonyl (C=O) groups excluding carboxylic acids is 1. The molecule has 0 unspecified atom stereocenters. The van der Waals surface area contributed by atoms with E-state index in [4.69, 9.17) is 27.9 Å². The molecule has 0 fully saturated rings. The van der Waals surface area contributed by atoms with Crippen molar-refractivity contribution in [3.8, 4) is 0 Å². The van der Waals surface area contributed by atoms with E-state index in [1.807, 2.05) is 17.6 Å². The number of carbonyl (C=O) groups is 1. The molecule has 0 N–H and O–H groups in total. The second-order valence-electron chi connectivity index (χ2n) is 4.33. The van der Waals surface area contributed by atoms with E-state index in [-0.39, 0.29) is 5.91 Å². The van der Waals surface area contributed by atoms with Gasteiger partial charge in [-0.2, -0.15) is 4.99 Å². The van der Waals surface area contributed by atoms with Crippen molar-refractivity contribution in [1.29, 1.82) is 0 Å². The van der Waals surface area contributed by atoms with Crippen LogP contribution in [0.3, 0.4) is 0 Å². The lowest BCUT2D eigenvalue weighted by Crippen LogP contribution is -2.19. The van der Waals surface area contributed by atoms with E-state index in [9.17, 15) is 4.79 Å². The first-order valence-electron chi connectivity index (χ1n) is 6.70. The molecule has 0 saturated heterocycles. The van der Waals surface area contributed by atoms with Crippen LogP contribution >= 0.6 is 34.5 Å². The highest BCUT2D eigenvalue weighted by Crippen LogP contribution is 2.29. The van der Waals surface area contributed by atoms with Crippen LogP contribution in [-0.4, -0.2) is 23.7 Å². The number of rotatable bonds is 5. The van der Waals surface area contributed by atoms with Gasteiger partial charge in [-0.05, 0) is 19.1 Å². The maximum atomic E-state index is 11.6. The van der Waals surface area contributed by atoms with Gasteiger partial charge in [0.1, 0.15) is 0 Å². The number of aromatic nitrogens is 1. The molecule has 0 aliphatic rings. The van der Waals surface area contributed by atoms with Gasteiger partial charge in [0.25, 0.3) is 0 Å². The maximum absolute atomic E-state index is 11.6. The molecule has 1 heterocycles. The molecule has 0 saturated carbocycles. The van der Waals surface area contributed by atoms with Crippen molar-refractivity contribution in [3.63, 3.8) is 0 Å². The number of ether oxygens (including phenoxy) is 1. The normalized spacial score (nSPS) is 12.3. The molecule has 114 valence electrons. The van der Waals surface area contributed by atoms with Gasteiger partial charge in [0.2, 0.25) is 5.91 Å². The molecule has 1 aromatic heterocycles. The standard InChI is InChI=1S/C14H16Cl2N2O2S/c1-3-12(19)17-14-18(5-6-20-4-2)13-10(16)7-9(15)8-11(13)21-14/h7-8H,3-6H2,1-2H3. The molecule has 0 aliphatic carbocycles. The first-order valence-corrected chi connectivity index (χ1v) is 8.27. The summed E-state index contributed by atoms with van der Waals surface area (Å²) < 4.78 is 8.22. The maximum Gasteiger partial charge on any atom is 0.248 e. The van der Waals surface area contributed by atoms with Crippen LogP contribution in [-0.2, 0) is 16.1 Å². The van der Waals surface area contributed by atoms with Crippen molar-refractivity contribution in [1.82, 2.24) is 4.57 Å². The van der Waals surface area contributed by atoms with Crippen molar-refractivity contribution < 1.29 is 9.53 Å². The topological polar surface area (TPSA) is 43.6 Å². The van der Waals surface area contributed by atoms with Crippen LogP contribution in [0, 0.1) is 0 Å². The quantitative estimate of drug-likeness (QED) is 0.771. The summed E-state index contributed by atoms with van der Waals surface area (Å²) in [5, 5.41) is 1.12. The van der Waals surface area contributed by atoms with Crippen molar-refractivity contribution in [3.05, 3.63) is 27.0 Å². The molecule has 0 spiro atoms. The Kier molecular flexibility index (Phi) is 5.81. The third kappa shape index (κ3) is 3.86. The second-order valence-corrected chi connectivity index (χ2v) is 6.18. The van der Waals surface area contributed by atoms with Gasteiger partial charge in [0.05, 0.1) is 21.8 Å². The first-order chi connectivity index (χ1) is 10.1. The van der Waals surface area contributed by atoms with Crippen molar-refractivity contribution in [2.75, 3.05) is 13.2 Å². The minimum Gasteiger partial charge on any atom is -0.380 e. The number of benzene rings is 1. The van der Waals surface area contributed by atoms with Gasteiger partial charge in [-0.3, -0.25) is 4.79 Å². The molecule has 0 atom stereocenters. The predicted octanol–water partition coefficient (Wildman–Crippen LogP) is 3.88. The van der Waals surface area contributed by atoms with E-state index >= 15 is 0 Å². The molecule has 2 rings (SSSR count). The fourth-order valence-electron chi connectivity index (χ4n) is 1.91. The Hall–Kier alpha value is -0.880. The molecular weight excluding hydrogens is 331 g/mol. The Labute approximate surface area is 137 Å². The molecule has 1 aromatic carbocycles. The third-order valence-electron chi connectivity index (χ3n) is 2.88. The van der Waals surface area contributed by atoms with Gasteiger partial charge in [-0.25, -0.2) is 0 Å². The Morgan fingerprint density at radius 1 is 1.38 bits per heavy atom. The summed E-state index contributed by atoms with van der Waals surface area (Å²) >= 11 is 13.7. The Balaban J connectivity index is 2.60. The summed E-state index contributed by atoms with van der Waals surface area (Å²) in [5.41, 5.74) is 0.841. The van der Waals surface area contributed by atoms with Crippen LogP contribution in [0.2, 0.25) is 10.0 Å². The fraction of sp³-hybridized carbons (Fsp3) is 0.429. The van der Waals surface area contributed by atoms with Crippen molar-refractivity contribution in [2.45, 2.75) is 26.8 Å². The minimum atomic E-state index is -0.158. The average Bonchev–Trinajstić information content (AvgIpc) is 2.76. The number of amides is 1. The number of nitrogens with zero attached hydrogens (tertiary/aromatic N) is 2. The van der Waals surface area contributed by atoms with Gasteiger partial charge < -0.3 is 9.30 Å². The highest BCUT2D eigenvalue weighted by atomic mass is 35.5. The molecule has 0 radical (unpaired) electrons. The number of hydrogen-bond donors (Lipinski definition) is 0. The van der Waals surface area contributed by atoms with E-state index < -0.39 is 0 Å². The van der Waals surface area contributed by atoms with Crippen molar-refractivity contribution in [2.24, 2.45) is 4.99 Å². The number of thiazole rings is 1. The molecule has 7 heteroatoms. The summed E-state index contributed by atoms with van der Waals surface area (Å²) in [4.78, 5) is 16.4. The minimum absolute atomic E-state index is 0.158. The Morgan fingerprint density at radius 2 is 2.14 bits per heavy atom. The van der Waals surface area contributed by atoms with E-state index in [2.05, 4.69) is 4.99 Å². The molecule has 1 amide bonds. The number of hydrogen-bond acceptors (Lipinski definition) is 3. The molecular formula is C14H16Cl2N2O2S. The Bertz CT molecular complexity index is 722. The largest absolute Gasteiger partial charge is 0.380 e. The average molecular weight is 347 g/mol. The van der Waals surface area contributed by atoms with E-state index in [1.165, 1.54) is 11.3 Å². The lowest BCUT2D eigenvalue weighted by Gasteiger charge is -2.06. The Morgan fingerprint density at radius 3 is 2.81 bits per heavy atom. The third-order valence-corrected chi connectivity index (χ3v) is 4.41. The lowest BCUT2D eigenvalue weighted by molar-refractivity contribution is -0.117. The molecule has 2 aromatic rings. The van der Waals surface area contributed by atoms with Gasteiger partial charge in [-0.15, -0.1) is 0 Å². The highest BCUT2D eigenvalue weighted by Gasteiger charge is 2.12. The summed E-state index contributed by atoms with van der Waals surface area (Å²) in [6.45, 7) is 5.49. The SMILES string of the molecule is CCOCCn1c(=NC(=O)CC)sc2cc(Cl)cc(Cl)c21. The van der Waals surface area contributed by atoms with Crippen LogP contribution in [0.4, 0.5) is 0 Å². The van der Waals surface area contributed by atoms with E-state index in [0.29, 0.717) is 41.0 Å². The summed E-state index contributed by atoms with van der Waals surface area (Å²) in [6, 6.07) is 3.53. The lowest BCUT2D eigenvalue weighted by atomic mass is 10.3. The zero-order chi connectivity index (χ0) is 15.4. The number of halogens is 2. The molecule has 0 aliphatic heterocycles. The van der Waals surface area contributed by atoms with Crippen molar-refractivity contribution >= 4 is 50.7 Å². The fourth-order valence-corrected chi connectivity index (χ4v) is 3.76. The summed E-state index contributed by atoms with van der Waals surface area (Å²) in [6.07, 6.45) is 0.369. The first kappa shape index (κ1) is 16.5. The van der Waals surface area contributed by atoms with Crippen LogP contribution in [0.1, 0.15) is 20.3 Å². The van der Waals surface area contributed by atoms with Crippen LogP contribution in [0.5, 0.6) is 0 Å². The van der Waals surface area contributed by atoms with Crippen LogP contribution in [0.15, 0.2) is 17.1 Å². The summed E-state index contributed by atoms with van der Waals surface area (Å²) in [7, 11) is 0. The van der Waals surface area contributed by atoms with Gasteiger partial charge in [-0.1, -0.05) is 41.5 Å². The monoisotopic (exact) mass is 346 g/mol. The molecule has 4 nitrogen and oxygen atoms in total. The molecule has 0 bridgehead atoms. The zero-order valence-electron chi connectivity index (χ0n) is 11.9. The van der Waals surface area contributed by atoms with Crippen LogP contribution < -0.4 is 4.80 Å². The van der Waals surface area contributed by atoms with E-state index in [1.54, 1.807) is 13.0 Å². The zero-order valence-corrected chi connectivity index (χ0v) is 14.2. The van der Waals surface area contributed by atoms with Crippen LogP contribution in [0.25, 0.3) is 10.2 Å². The summed E-state index contributed by atoms with van der Waals surface area (Å²) in [5.74, 6) is -0.158. The van der Waals surface area contributed by atoms with Gasteiger partial charge in [0, 0.05) is 24.6 Å².